The lowest BCUT2D eigenvalue weighted by Gasteiger charge is -2.14. The molecule has 2 rings (SSSR count). The van der Waals surface area contributed by atoms with Crippen molar-refractivity contribution in [1.29, 1.82) is 0 Å². The molecule has 1 unspecified atom stereocenters. The number of oxazole rings is 1. The molecular weight excluding hydrogens is 270 g/mol. The van der Waals surface area contributed by atoms with Crippen molar-refractivity contribution in [2.75, 3.05) is 6.61 Å². The summed E-state index contributed by atoms with van der Waals surface area (Å²) in [4.78, 5) is 23.8. The average Bonchev–Trinajstić information content (AvgIpc) is 2.68. The molecule has 6 heteroatoms. The molecule has 0 aliphatic heterocycles. The van der Waals surface area contributed by atoms with E-state index >= 15 is 0 Å². The summed E-state index contributed by atoms with van der Waals surface area (Å²) in [5, 5.41) is 0.473. The van der Waals surface area contributed by atoms with Crippen LogP contribution in [0, 0.1) is 0 Å². The number of esters is 1. The molecule has 0 spiro atoms. The lowest BCUT2D eigenvalue weighted by molar-refractivity contribution is -0.147. The fourth-order valence-corrected chi connectivity index (χ4v) is 2.16. The fourth-order valence-electron chi connectivity index (χ4n) is 1.99. The van der Waals surface area contributed by atoms with E-state index in [9.17, 15) is 9.59 Å². The summed E-state index contributed by atoms with van der Waals surface area (Å²) < 4.78 is 11.4. The van der Waals surface area contributed by atoms with Crippen molar-refractivity contribution in [2.24, 2.45) is 0 Å². The lowest BCUT2D eigenvalue weighted by Crippen LogP contribution is -2.28. The zero-order valence-corrected chi connectivity index (χ0v) is 11.4. The summed E-state index contributed by atoms with van der Waals surface area (Å²) in [6.45, 7) is 3.79. The van der Waals surface area contributed by atoms with E-state index in [1.165, 1.54) is 4.57 Å². The molecule has 0 saturated heterocycles. The van der Waals surface area contributed by atoms with Crippen LogP contribution in [0.25, 0.3) is 11.1 Å². The Hall–Kier alpha value is -1.75. The van der Waals surface area contributed by atoms with Crippen LogP contribution < -0.4 is 5.76 Å². The van der Waals surface area contributed by atoms with Crippen LogP contribution in [-0.4, -0.2) is 17.1 Å². The maximum Gasteiger partial charge on any atom is 0.420 e. The van der Waals surface area contributed by atoms with E-state index in [2.05, 4.69) is 0 Å². The van der Waals surface area contributed by atoms with Gasteiger partial charge in [0, 0.05) is 5.02 Å². The second kappa shape index (κ2) is 5.48. The molecule has 0 bridgehead atoms. The van der Waals surface area contributed by atoms with Crippen molar-refractivity contribution in [3.05, 3.63) is 33.8 Å². The molecule has 102 valence electrons. The van der Waals surface area contributed by atoms with Crippen LogP contribution in [-0.2, 0) is 9.53 Å². The topological polar surface area (TPSA) is 61.4 Å². The predicted molar refractivity (Wildman–Crippen MR) is 71.4 cm³/mol. The van der Waals surface area contributed by atoms with Gasteiger partial charge in [-0.05, 0) is 31.5 Å². The number of rotatable bonds is 4. The maximum absolute atomic E-state index is 11.9. The molecule has 0 amide bonds. The Kier molecular flexibility index (Phi) is 3.95. The standard InChI is InChI=1S/C13H14ClNO4/c1-3-9(12(16)18-4-2)15-10-7-8(14)5-6-11(10)19-13(15)17/h5-7,9H,3-4H2,1-2H3. The summed E-state index contributed by atoms with van der Waals surface area (Å²) in [6, 6.07) is 4.13. The number of hydrogen-bond donors (Lipinski definition) is 0. The van der Waals surface area contributed by atoms with Gasteiger partial charge in [-0.2, -0.15) is 0 Å². The summed E-state index contributed by atoms with van der Waals surface area (Å²) in [5.74, 6) is -1.04. The monoisotopic (exact) mass is 283 g/mol. The van der Waals surface area contributed by atoms with Gasteiger partial charge >= 0.3 is 11.7 Å². The Labute approximate surface area is 114 Å². The number of carbonyl (C=O) groups is 1. The molecule has 1 atom stereocenters. The first-order valence-electron chi connectivity index (χ1n) is 6.05. The number of carbonyl (C=O) groups excluding carboxylic acids is 1. The molecule has 0 N–H and O–H groups in total. The van der Waals surface area contributed by atoms with Gasteiger partial charge in [0.05, 0.1) is 12.1 Å². The maximum atomic E-state index is 11.9. The molecule has 1 aromatic carbocycles. The molecule has 0 aliphatic rings. The van der Waals surface area contributed by atoms with Crippen molar-refractivity contribution in [3.8, 4) is 0 Å². The molecular formula is C13H14ClNO4. The number of nitrogens with zero attached hydrogens (tertiary/aromatic N) is 1. The predicted octanol–water partition coefficient (Wildman–Crippen LogP) is 2.76. The van der Waals surface area contributed by atoms with Gasteiger partial charge in [0.1, 0.15) is 6.04 Å². The highest BCUT2D eigenvalue weighted by Crippen LogP contribution is 2.23. The minimum absolute atomic E-state index is 0.265. The van der Waals surface area contributed by atoms with Gasteiger partial charge in [0.2, 0.25) is 0 Å². The highest BCUT2D eigenvalue weighted by Gasteiger charge is 2.25. The first-order valence-corrected chi connectivity index (χ1v) is 6.43. The minimum atomic E-state index is -0.702. The van der Waals surface area contributed by atoms with Crippen LogP contribution in [0.1, 0.15) is 26.3 Å². The van der Waals surface area contributed by atoms with E-state index in [4.69, 9.17) is 20.8 Å². The van der Waals surface area contributed by atoms with Crippen molar-refractivity contribution >= 4 is 28.7 Å². The third kappa shape index (κ3) is 2.51. The van der Waals surface area contributed by atoms with Crippen LogP contribution in [0.15, 0.2) is 27.4 Å². The number of aromatic nitrogens is 1. The smallest absolute Gasteiger partial charge is 0.420 e. The van der Waals surface area contributed by atoms with Gasteiger partial charge in [-0.1, -0.05) is 18.5 Å². The van der Waals surface area contributed by atoms with Crippen molar-refractivity contribution < 1.29 is 13.9 Å². The second-order valence-electron chi connectivity index (χ2n) is 4.03. The summed E-state index contributed by atoms with van der Waals surface area (Å²) >= 11 is 5.92. The Bertz CT molecular complexity index is 658. The second-order valence-corrected chi connectivity index (χ2v) is 4.46. The van der Waals surface area contributed by atoms with Crippen LogP contribution >= 0.6 is 11.6 Å². The van der Waals surface area contributed by atoms with Crippen LogP contribution in [0.4, 0.5) is 0 Å². The van der Waals surface area contributed by atoms with Crippen LogP contribution in [0.5, 0.6) is 0 Å². The Morgan fingerprint density at radius 2 is 2.21 bits per heavy atom. The normalized spacial score (nSPS) is 12.6. The largest absolute Gasteiger partial charge is 0.464 e. The van der Waals surface area contributed by atoms with Gasteiger partial charge in [-0.3, -0.25) is 4.57 Å². The Morgan fingerprint density at radius 3 is 2.84 bits per heavy atom. The number of hydrogen-bond acceptors (Lipinski definition) is 4. The molecule has 5 nitrogen and oxygen atoms in total. The van der Waals surface area contributed by atoms with Gasteiger partial charge in [-0.15, -0.1) is 0 Å². The lowest BCUT2D eigenvalue weighted by atomic mass is 10.2. The SMILES string of the molecule is CCOC(=O)C(CC)n1c(=O)oc2ccc(Cl)cc21. The van der Waals surface area contributed by atoms with Gasteiger partial charge in [-0.25, -0.2) is 9.59 Å². The van der Waals surface area contributed by atoms with E-state index in [1.807, 2.05) is 0 Å². The molecule has 0 saturated carbocycles. The van der Waals surface area contributed by atoms with E-state index in [0.29, 0.717) is 22.5 Å². The molecule has 19 heavy (non-hydrogen) atoms. The third-order valence-corrected chi connectivity index (χ3v) is 3.07. The van der Waals surface area contributed by atoms with E-state index in [1.54, 1.807) is 32.0 Å². The molecule has 1 aromatic heterocycles. The first kappa shape index (κ1) is 13.7. The number of halogens is 1. The molecule has 0 aliphatic carbocycles. The highest BCUT2D eigenvalue weighted by molar-refractivity contribution is 6.31. The van der Waals surface area contributed by atoms with Gasteiger partial charge in [0.15, 0.2) is 5.58 Å². The summed E-state index contributed by atoms with van der Waals surface area (Å²) in [7, 11) is 0. The zero-order valence-electron chi connectivity index (χ0n) is 10.7. The average molecular weight is 284 g/mol. The van der Waals surface area contributed by atoms with E-state index in [-0.39, 0.29) is 6.61 Å². The molecule has 1 heterocycles. The third-order valence-electron chi connectivity index (χ3n) is 2.83. The fraction of sp³-hybridized carbons (Fsp3) is 0.385. The number of ether oxygens (including phenoxy) is 1. The van der Waals surface area contributed by atoms with E-state index < -0.39 is 17.8 Å². The Balaban J connectivity index is 2.59. The molecule has 0 radical (unpaired) electrons. The molecule has 0 fully saturated rings. The summed E-state index contributed by atoms with van der Waals surface area (Å²) in [6.07, 6.45) is 0.430. The van der Waals surface area contributed by atoms with E-state index in [0.717, 1.165) is 0 Å². The highest BCUT2D eigenvalue weighted by atomic mass is 35.5. The van der Waals surface area contributed by atoms with Gasteiger partial charge < -0.3 is 9.15 Å². The van der Waals surface area contributed by atoms with Crippen LogP contribution in [0.2, 0.25) is 5.02 Å². The minimum Gasteiger partial charge on any atom is -0.464 e. The first-order chi connectivity index (χ1) is 9.08. The zero-order chi connectivity index (χ0) is 14.0. The quantitative estimate of drug-likeness (QED) is 0.810. The number of benzene rings is 1. The Morgan fingerprint density at radius 1 is 1.47 bits per heavy atom. The molecule has 2 aromatic rings. The van der Waals surface area contributed by atoms with Crippen molar-refractivity contribution in [1.82, 2.24) is 4.57 Å². The summed E-state index contributed by atoms with van der Waals surface area (Å²) in [5.41, 5.74) is 0.898. The number of fused-ring (bicyclic) bond motifs is 1. The van der Waals surface area contributed by atoms with Crippen LogP contribution in [0.3, 0.4) is 0 Å². The van der Waals surface area contributed by atoms with Gasteiger partial charge in [0.25, 0.3) is 0 Å². The van der Waals surface area contributed by atoms with Crippen molar-refractivity contribution in [2.45, 2.75) is 26.3 Å². The van der Waals surface area contributed by atoms with Crippen molar-refractivity contribution in [3.63, 3.8) is 0 Å².